The zero-order valence-electron chi connectivity index (χ0n) is 13.9. The summed E-state index contributed by atoms with van der Waals surface area (Å²) < 4.78 is 3.36. The van der Waals surface area contributed by atoms with E-state index in [4.69, 9.17) is 5.73 Å². The van der Waals surface area contributed by atoms with Gasteiger partial charge < -0.3 is 5.73 Å². The van der Waals surface area contributed by atoms with E-state index in [1.165, 1.54) is 5.56 Å². The Morgan fingerprint density at radius 2 is 2.00 bits per heavy atom. The minimum atomic E-state index is -0.464. The third-order valence-electron chi connectivity index (χ3n) is 3.96. The summed E-state index contributed by atoms with van der Waals surface area (Å²) >= 11 is 0. The Morgan fingerprint density at radius 3 is 2.81 bits per heavy atom. The van der Waals surface area contributed by atoms with Crippen LogP contribution < -0.4 is 5.73 Å². The predicted molar refractivity (Wildman–Crippen MR) is 92.8 cm³/mol. The summed E-state index contributed by atoms with van der Waals surface area (Å²) in [5.41, 5.74) is 7.92. The van der Waals surface area contributed by atoms with Gasteiger partial charge in [-0.25, -0.2) is 14.2 Å². The summed E-state index contributed by atoms with van der Waals surface area (Å²) in [4.78, 5) is 15.7. The number of pyridine rings is 1. The number of benzene rings is 1. The van der Waals surface area contributed by atoms with E-state index in [1.807, 2.05) is 30.3 Å². The Balaban J connectivity index is 1.68. The Labute approximate surface area is 148 Å². The monoisotopic (exact) mass is 348 g/mol. The van der Waals surface area contributed by atoms with Gasteiger partial charge in [0.1, 0.15) is 0 Å². The van der Waals surface area contributed by atoms with Gasteiger partial charge in [0.15, 0.2) is 17.3 Å². The average Bonchev–Trinajstić information content (AvgIpc) is 3.26. The van der Waals surface area contributed by atoms with Crippen molar-refractivity contribution in [1.82, 2.24) is 34.8 Å². The van der Waals surface area contributed by atoms with Crippen LogP contribution in [0.25, 0.3) is 17.0 Å². The Bertz CT molecular complexity index is 1050. The standard InChI is InChI=1S/C17H16N8O/c18-14(26)11-15-19-17(13-7-9-24-16(10-13)20-22-23-24)25(21-15)8-6-12-4-2-1-3-5-12/h1-5,7,9-10H,6,8,11H2,(H2,18,26). The first-order valence-electron chi connectivity index (χ1n) is 8.13. The van der Waals surface area contributed by atoms with Crippen molar-refractivity contribution in [2.45, 2.75) is 19.4 Å². The van der Waals surface area contributed by atoms with Crippen LogP contribution in [0.3, 0.4) is 0 Å². The van der Waals surface area contributed by atoms with Crippen molar-refractivity contribution in [1.29, 1.82) is 0 Å². The van der Waals surface area contributed by atoms with Crippen molar-refractivity contribution in [2.24, 2.45) is 5.73 Å². The van der Waals surface area contributed by atoms with E-state index >= 15 is 0 Å². The first-order valence-corrected chi connectivity index (χ1v) is 8.13. The average molecular weight is 348 g/mol. The van der Waals surface area contributed by atoms with Gasteiger partial charge in [0, 0.05) is 18.3 Å². The lowest BCUT2D eigenvalue weighted by Gasteiger charge is -2.06. The molecule has 4 rings (SSSR count). The van der Waals surface area contributed by atoms with Gasteiger partial charge in [-0.1, -0.05) is 30.3 Å². The molecule has 0 saturated carbocycles. The van der Waals surface area contributed by atoms with Crippen LogP contribution in [0.4, 0.5) is 0 Å². The van der Waals surface area contributed by atoms with Crippen molar-refractivity contribution in [3.63, 3.8) is 0 Å². The van der Waals surface area contributed by atoms with Gasteiger partial charge in [0.2, 0.25) is 5.91 Å². The van der Waals surface area contributed by atoms with E-state index in [2.05, 4.69) is 37.7 Å². The Morgan fingerprint density at radius 1 is 1.15 bits per heavy atom. The summed E-state index contributed by atoms with van der Waals surface area (Å²) in [5.74, 6) is 0.594. The van der Waals surface area contributed by atoms with Crippen molar-refractivity contribution in [3.8, 4) is 11.4 Å². The maximum Gasteiger partial charge on any atom is 0.225 e. The normalized spacial score (nSPS) is 11.1. The highest BCUT2D eigenvalue weighted by atomic mass is 16.1. The molecule has 9 nitrogen and oxygen atoms in total. The molecule has 1 amide bonds. The number of carbonyl (C=O) groups excluding carboxylic acids is 1. The second-order valence-electron chi connectivity index (χ2n) is 5.85. The van der Waals surface area contributed by atoms with Crippen LogP contribution >= 0.6 is 0 Å². The molecule has 1 aromatic carbocycles. The van der Waals surface area contributed by atoms with Gasteiger partial charge in [-0.15, -0.1) is 5.10 Å². The Kier molecular flexibility index (Phi) is 4.10. The van der Waals surface area contributed by atoms with E-state index < -0.39 is 5.91 Å². The highest BCUT2D eigenvalue weighted by Crippen LogP contribution is 2.19. The molecule has 2 N–H and O–H groups in total. The number of amides is 1. The summed E-state index contributed by atoms with van der Waals surface area (Å²) in [6.45, 7) is 0.626. The fourth-order valence-corrected chi connectivity index (χ4v) is 2.75. The predicted octanol–water partition coefficient (Wildman–Crippen LogP) is 0.653. The van der Waals surface area contributed by atoms with Crippen molar-refractivity contribution in [2.75, 3.05) is 0 Å². The smallest absolute Gasteiger partial charge is 0.225 e. The van der Waals surface area contributed by atoms with Gasteiger partial charge in [-0.05, 0) is 34.5 Å². The molecule has 26 heavy (non-hydrogen) atoms. The highest BCUT2D eigenvalue weighted by molar-refractivity contribution is 5.75. The van der Waals surface area contributed by atoms with Crippen molar-refractivity contribution in [3.05, 3.63) is 60.0 Å². The molecular formula is C17H16N8O. The van der Waals surface area contributed by atoms with Crippen LogP contribution in [0, 0.1) is 0 Å². The molecule has 0 unspecified atom stereocenters. The number of primary amides is 1. The van der Waals surface area contributed by atoms with E-state index in [0.29, 0.717) is 23.8 Å². The zero-order valence-corrected chi connectivity index (χ0v) is 13.9. The zero-order chi connectivity index (χ0) is 17.9. The molecule has 0 aliphatic carbocycles. The topological polar surface area (TPSA) is 117 Å². The SMILES string of the molecule is NC(=O)Cc1nc(-c2ccn3nnnc3c2)n(CCc2ccccc2)n1. The van der Waals surface area contributed by atoms with E-state index in [-0.39, 0.29) is 6.42 Å². The van der Waals surface area contributed by atoms with Crippen molar-refractivity contribution < 1.29 is 4.79 Å². The minimum Gasteiger partial charge on any atom is -0.369 e. The summed E-state index contributed by atoms with van der Waals surface area (Å²) in [5, 5.41) is 15.9. The molecule has 0 saturated heterocycles. The molecule has 0 fully saturated rings. The third kappa shape index (κ3) is 3.27. The molecule has 0 atom stereocenters. The number of aromatic nitrogens is 7. The quantitative estimate of drug-likeness (QED) is 0.547. The van der Waals surface area contributed by atoms with Crippen molar-refractivity contribution >= 4 is 11.6 Å². The number of carbonyl (C=O) groups is 1. The van der Waals surface area contributed by atoms with Gasteiger partial charge in [0.25, 0.3) is 0 Å². The first-order chi connectivity index (χ1) is 12.7. The summed E-state index contributed by atoms with van der Waals surface area (Å²) in [7, 11) is 0. The minimum absolute atomic E-state index is 0.0000688. The second-order valence-corrected chi connectivity index (χ2v) is 5.85. The number of aryl methyl sites for hydroxylation is 2. The molecule has 4 aromatic rings. The molecule has 0 bridgehead atoms. The largest absolute Gasteiger partial charge is 0.369 e. The number of nitrogens with two attached hydrogens (primary N) is 1. The molecule has 3 heterocycles. The molecule has 0 aliphatic heterocycles. The van der Waals surface area contributed by atoms with E-state index in [0.717, 1.165) is 12.0 Å². The maximum atomic E-state index is 11.2. The number of nitrogens with zero attached hydrogens (tertiary/aromatic N) is 7. The van der Waals surface area contributed by atoms with Crippen LogP contribution in [0.5, 0.6) is 0 Å². The summed E-state index contributed by atoms with van der Waals surface area (Å²) in [6.07, 6.45) is 2.55. The third-order valence-corrected chi connectivity index (χ3v) is 3.96. The molecule has 0 spiro atoms. The lowest BCUT2D eigenvalue weighted by Crippen LogP contribution is -2.15. The van der Waals surface area contributed by atoms with E-state index in [1.54, 1.807) is 15.4 Å². The molecule has 0 aliphatic rings. The fourth-order valence-electron chi connectivity index (χ4n) is 2.75. The number of fused-ring (bicyclic) bond motifs is 1. The number of hydrogen-bond donors (Lipinski definition) is 1. The maximum absolute atomic E-state index is 11.2. The van der Waals surface area contributed by atoms with Crippen LogP contribution in [-0.2, 0) is 24.2 Å². The Hall–Kier alpha value is -3.62. The summed E-state index contributed by atoms with van der Waals surface area (Å²) in [6, 6.07) is 13.8. The van der Waals surface area contributed by atoms with Crippen LogP contribution in [0.15, 0.2) is 48.7 Å². The number of hydrogen-bond acceptors (Lipinski definition) is 6. The van der Waals surface area contributed by atoms with Crippen LogP contribution in [-0.4, -0.2) is 40.7 Å². The first kappa shape index (κ1) is 15.9. The van der Waals surface area contributed by atoms with Crippen LogP contribution in [0.2, 0.25) is 0 Å². The fraction of sp³-hybridized carbons (Fsp3) is 0.176. The van der Waals surface area contributed by atoms with Gasteiger partial charge in [0.05, 0.1) is 6.42 Å². The number of tetrazole rings is 1. The molecular weight excluding hydrogens is 332 g/mol. The molecule has 130 valence electrons. The van der Waals surface area contributed by atoms with Gasteiger partial charge in [-0.2, -0.15) is 5.10 Å². The molecule has 0 radical (unpaired) electrons. The molecule has 9 heteroatoms. The lowest BCUT2D eigenvalue weighted by molar-refractivity contribution is -0.117. The highest BCUT2D eigenvalue weighted by Gasteiger charge is 2.15. The van der Waals surface area contributed by atoms with E-state index in [9.17, 15) is 4.79 Å². The number of rotatable bonds is 6. The lowest BCUT2D eigenvalue weighted by atomic mass is 10.1. The van der Waals surface area contributed by atoms with Crippen LogP contribution in [0.1, 0.15) is 11.4 Å². The molecule has 3 aromatic heterocycles. The second kappa shape index (κ2) is 6.71. The van der Waals surface area contributed by atoms with Gasteiger partial charge >= 0.3 is 0 Å². The van der Waals surface area contributed by atoms with Gasteiger partial charge in [-0.3, -0.25) is 4.79 Å².